The molecule has 0 saturated carbocycles. The van der Waals surface area contributed by atoms with Crippen molar-refractivity contribution >= 4 is 29.0 Å². The Labute approximate surface area is 157 Å². The van der Waals surface area contributed by atoms with Crippen LogP contribution in [0.4, 0.5) is 17.3 Å². The first-order chi connectivity index (χ1) is 12.9. The van der Waals surface area contributed by atoms with E-state index in [9.17, 15) is 9.59 Å². The van der Waals surface area contributed by atoms with Crippen molar-refractivity contribution in [3.05, 3.63) is 77.1 Å². The number of rotatable bonds is 5. The maximum atomic E-state index is 12.3. The number of hydrogen-bond acceptors (Lipinski definition) is 5. The number of anilines is 3. The number of nitrogens with zero attached hydrogens (tertiary/aromatic N) is 2. The lowest BCUT2D eigenvalue weighted by Gasteiger charge is -2.10. The van der Waals surface area contributed by atoms with Crippen LogP contribution in [-0.4, -0.2) is 21.7 Å². The second kappa shape index (κ2) is 7.78. The Morgan fingerprint density at radius 2 is 1.56 bits per heavy atom. The third kappa shape index (κ3) is 4.36. The average molecular weight is 360 g/mol. The van der Waals surface area contributed by atoms with Crippen LogP contribution in [0.5, 0.6) is 0 Å². The zero-order valence-electron chi connectivity index (χ0n) is 15.4. The molecule has 0 fully saturated rings. The predicted molar refractivity (Wildman–Crippen MR) is 106 cm³/mol. The quantitative estimate of drug-likeness (QED) is 0.663. The Morgan fingerprint density at radius 1 is 0.889 bits per heavy atom. The van der Waals surface area contributed by atoms with Gasteiger partial charge in [0.15, 0.2) is 5.78 Å². The van der Waals surface area contributed by atoms with Crippen molar-refractivity contribution in [2.24, 2.45) is 0 Å². The van der Waals surface area contributed by atoms with Gasteiger partial charge in [0.25, 0.3) is 5.91 Å². The lowest BCUT2D eigenvalue weighted by molar-refractivity contribution is 0.101. The molecular formula is C21H20N4O2. The van der Waals surface area contributed by atoms with Gasteiger partial charge in [-0.25, -0.2) is 9.97 Å². The molecule has 1 aromatic heterocycles. The van der Waals surface area contributed by atoms with Crippen LogP contribution in [-0.2, 0) is 0 Å². The number of carbonyl (C=O) groups excluding carboxylic acids is 2. The number of amides is 1. The molecule has 0 atom stereocenters. The van der Waals surface area contributed by atoms with Gasteiger partial charge in [0.05, 0.1) is 5.56 Å². The Kier molecular flexibility index (Phi) is 5.26. The third-order valence-corrected chi connectivity index (χ3v) is 4.31. The van der Waals surface area contributed by atoms with Gasteiger partial charge in [0, 0.05) is 29.3 Å². The van der Waals surface area contributed by atoms with Crippen LogP contribution in [0, 0.1) is 13.8 Å². The molecule has 6 heteroatoms. The number of nitrogens with one attached hydrogen (secondary N) is 2. The van der Waals surface area contributed by atoms with Gasteiger partial charge in [-0.05, 0) is 62.2 Å². The molecule has 3 rings (SSSR count). The summed E-state index contributed by atoms with van der Waals surface area (Å²) in [5, 5.41) is 5.92. The first-order valence-corrected chi connectivity index (χ1v) is 8.51. The van der Waals surface area contributed by atoms with E-state index in [1.54, 1.807) is 24.3 Å². The number of aromatic nitrogens is 2. The van der Waals surface area contributed by atoms with Crippen molar-refractivity contribution in [1.29, 1.82) is 0 Å². The second-order valence-electron chi connectivity index (χ2n) is 6.26. The van der Waals surface area contributed by atoms with Gasteiger partial charge in [-0.1, -0.05) is 12.1 Å². The Hall–Kier alpha value is -3.54. The summed E-state index contributed by atoms with van der Waals surface area (Å²) < 4.78 is 0. The van der Waals surface area contributed by atoms with Gasteiger partial charge >= 0.3 is 0 Å². The minimum atomic E-state index is -0.316. The summed E-state index contributed by atoms with van der Waals surface area (Å²) in [6, 6.07) is 12.7. The van der Waals surface area contributed by atoms with Gasteiger partial charge in [-0.15, -0.1) is 0 Å². The first-order valence-electron chi connectivity index (χ1n) is 8.51. The van der Waals surface area contributed by atoms with E-state index in [0.29, 0.717) is 22.8 Å². The second-order valence-corrected chi connectivity index (χ2v) is 6.26. The van der Waals surface area contributed by atoms with E-state index in [1.807, 2.05) is 32.0 Å². The molecule has 2 aromatic carbocycles. The molecule has 0 unspecified atom stereocenters. The highest BCUT2D eigenvalue weighted by Gasteiger charge is 2.09. The number of benzene rings is 2. The van der Waals surface area contributed by atoms with Gasteiger partial charge in [-0.3, -0.25) is 9.59 Å². The molecule has 136 valence electrons. The molecule has 1 amide bonds. The zero-order chi connectivity index (χ0) is 19.4. The Morgan fingerprint density at radius 3 is 2.19 bits per heavy atom. The van der Waals surface area contributed by atoms with Crippen LogP contribution in [0.1, 0.15) is 38.8 Å². The molecule has 27 heavy (non-hydrogen) atoms. The highest BCUT2D eigenvalue weighted by molar-refractivity contribution is 6.04. The standard InChI is InChI=1S/C21H20N4O2/c1-13-5-4-6-19(14(13)2)25-21-22-11-17(12-23-21)20(27)24-18-9-7-16(8-10-18)15(3)26/h4-12H,1-3H3,(H,24,27)(H,22,23,25). The highest BCUT2D eigenvalue weighted by atomic mass is 16.1. The van der Waals surface area contributed by atoms with Crippen molar-refractivity contribution in [3.63, 3.8) is 0 Å². The summed E-state index contributed by atoms with van der Waals surface area (Å²) in [5.74, 6) is 0.0862. The van der Waals surface area contributed by atoms with E-state index in [2.05, 4.69) is 20.6 Å². The number of ketones is 1. The van der Waals surface area contributed by atoms with Crippen LogP contribution < -0.4 is 10.6 Å². The summed E-state index contributed by atoms with van der Waals surface area (Å²) in [6.45, 7) is 5.56. The van der Waals surface area contributed by atoms with Crippen molar-refractivity contribution in [2.45, 2.75) is 20.8 Å². The van der Waals surface area contributed by atoms with E-state index < -0.39 is 0 Å². The summed E-state index contributed by atoms with van der Waals surface area (Å²) in [6.07, 6.45) is 2.94. The molecule has 1 heterocycles. The summed E-state index contributed by atoms with van der Waals surface area (Å²) in [5.41, 5.74) is 4.76. The van der Waals surface area contributed by atoms with Crippen LogP contribution in [0.3, 0.4) is 0 Å². The molecule has 2 N–H and O–H groups in total. The summed E-state index contributed by atoms with van der Waals surface area (Å²) in [4.78, 5) is 32.0. The molecule has 0 saturated heterocycles. The lowest BCUT2D eigenvalue weighted by atomic mass is 10.1. The maximum Gasteiger partial charge on any atom is 0.258 e. The summed E-state index contributed by atoms with van der Waals surface area (Å²) in [7, 11) is 0. The van der Waals surface area contributed by atoms with Gasteiger partial charge < -0.3 is 10.6 Å². The largest absolute Gasteiger partial charge is 0.324 e. The number of carbonyl (C=O) groups is 2. The van der Waals surface area contributed by atoms with Crippen LogP contribution in [0.25, 0.3) is 0 Å². The van der Waals surface area contributed by atoms with E-state index in [0.717, 1.165) is 11.3 Å². The fourth-order valence-electron chi connectivity index (χ4n) is 2.51. The van der Waals surface area contributed by atoms with Crippen LogP contribution >= 0.6 is 0 Å². The number of aryl methyl sites for hydroxylation is 1. The van der Waals surface area contributed by atoms with Crippen LogP contribution in [0.2, 0.25) is 0 Å². The SMILES string of the molecule is CC(=O)c1ccc(NC(=O)c2cnc(Nc3cccc(C)c3C)nc2)cc1. The van der Waals surface area contributed by atoms with Gasteiger partial charge in [0.2, 0.25) is 5.95 Å². The zero-order valence-corrected chi connectivity index (χ0v) is 15.4. The van der Waals surface area contributed by atoms with Gasteiger partial charge in [-0.2, -0.15) is 0 Å². The first kappa shape index (κ1) is 18.3. The molecule has 6 nitrogen and oxygen atoms in total. The Balaban J connectivity index is 1.68. The molecule has 0 spiro atoms. The third-order valence-electron chi connectivity index (χ3n) is 4.31. The molecular weight excluding hydrogens is 340 g/mol. The van der Waals surface area contributed by atoms with E-state index in [1.165, 1.54) is 24.9 Å². The number of Topliss-reactive ketones (excluding diaryl/α,β-unsaturated/α-hetero) is 1. The van der Waals surface area contributed by atoms with Crippen molar-refractivity contribution in [3.8, 4) is 0 Å². The highest BCUT2D eigenvalue weighted by Crippen LogP contribution is 2.20. The average Bonchev–Trinajstić information content (AvgIpc) is 2.66. The van der Waals surface area contributed by atoms with E-state index >= 15 is 0 Å². The monoisotopic (exact) mass is 360 g/mol. The number of hydrogen-bond donors (Lipinski definition) is 2. The van der Waals surface area contributed by atoms with E-state index in [-0.39, 0.29) is 11.7 Å². The predicted octanol–water partition coefficient (Wildman–Crippen LogP) is 4.29. The molecule has 0 bridgehead atoms. The van der Waals surface area contributed by atoms with E-state index in [4.69, 9.17) is 0 Å². The van der Waals surface area contributed by atoms with Crippen LogP contribution in [0.15, 0.2) is 54.9 Å². The van der Waals surface area contributed by atoms with Crippen molar-refractivity contribution < 1.29 is 9.59 Å². The molecule has 0 aliphatic carbocycles. The lowest BCUT2D eigenvalue weighted by Crippen LogP contribution is -2.13. The minimum absolute atomic E-state index is 0.0202. The van der Waals surface area contributed by atoms with Crippen molar-refractivity contribution in [2.75, 3.05) is 10.6 Å². The topological polar surface area (TPSA) is 84.0 Å². The molecule has 0 aliphatic rings. The fourth-order valence-corrected chi connectivity index (χ4v) is 2.51. The summed E-state index contributed by atoms with van der Waals surface area (Å²) >= 11 is 0. The minimum Gasteiger partial charge on any atom is -0.324 e. The Bertz CT molecular complexity index is 980. The normalized spacial score (nSPS) is 10.3. The molecule has 3 aromatic rings. The fraction of sp³-hybridized carbons (Fsp3) is 0.143. The molecule has 0 radical (unpaired) electrons. The van der Waals surface area contributed by atoms with Crippen molar-refractivity contribution in [1.82, 2.24) is 9.97 Å². The molecule has 0 aliphatic heterocycles. The smallest absolute Gasteiger partial charge is 0.258 e. The van der Waals surface area contributed by atoms with Gasteiger partial charge in [0.1, 0.15) is 0 Å². The maximum absolute atomic E-state index is 12.3.